The Morgan fingerprint density at radius 1 is 1.15 bits per heavy atom. The summed E-state index contributed by atoms with van der Waals surface area (Å²) < 4.78 is 59.0. The number of hydrogen-bond donors (Lipinski definition) is 1. The third-order valence-corrected chi connectivity index (χ3v) is 5.44. The molecule has 0 aromatic heterocycles. The van der Waals surface area contributed by atoms with Crippen molar-refractivity contribution in [1.82, 2.24) is 14.5 Å². The van der Waals surface area contributed by atoms with Crippen LogP contribution in [0.3, 0.4) is 0 Å². The largest absolute Gasteiger partial charge is 0.444 e. The van der Waals surface area contributed by atoms with Crippen molar-refractivity contribution < 1.29 is 26.7 Å². The summed E-state index contributed by atoms with van der Waals surface area (Å²) in [7, 11) is -4.28. The Hall–Kier alpha value is -1.78. The van der Waals surface area contributed by atoms with Crippen LogP contribution in [0.2, 0.25) is 0 Å². The molecule has 1 amide bonds. The number of carbonyl (C=O) groups excluding carboxylic acids is 1. The third-order valence-electron chi connectivity index (χ3n) is 3.93. The minimum absolute atomic E-state index is 0.00252. The molecule has 0 atom stereocenters. The maximum absolute atomic E-state index is 13.6. The lowest BCUT2D eigenvalue weighted by atomic mass is 10.2. The molecule has 10 heteroatoms. The number of carbonyl (C=O) groups is 1. The van der Waals surface area contributed by atoms with Crippen molar-refractivity contribution in [3.05, 3.63) is 29.8 Å². The third kappa shape index (κ3) is 6.12. The molecule has 1 heterocycles. The molecular weight excluding hydrogens is 380 g/mol. The summed E-state index contributed by atoms with van der Waals surface area (Å²) in [5.74, 6) is -2.26. The van der Waals surface area contributed by atoms with Crippen molar-refractivity contribution >= 4 is 16.1 Å². The van der Waals surface area contributed by atoms with E-state index < -0.39 is 32.2 Å². The zero-order valence-electron chi connectivity index (χ0n) is 15.7. The molecule has 1 aromatic carbocycles. The fourth-order valence-corrected chi connectivity index (χ4v) is 3.78. The van der Waals surface area contributed by atoms with Gasteiger partial charge in [-0.25, -0.2) is 26.7 Å². The van der Waals surface area contributed by atoms with Gasteiger partial charge in [0.1, 0.15) is 17.2 Å². The average Bonchev–Trinajstić information content (AvgIpc) is 2.53. The van der Waals surface area contributed by atoms with Crippen LogP contribution in [-0.4, -0.2) is 69.2 Å². The summed E-state index contributed by atoms with van der Waals surface area (Å²) in [6.07, 6.45) is -0.377. The summed E-state index contributed by atoms with van der Waals surface area (Å²) in [6, 6.07) is 2.90. The number of sulfonamides is 1. The van der Waals surface area contributed by atoms with Gasteiger partial charge in [0.25, 0.3) is 0 Å². The Bertz CT molecular complexity index is 753. The van der Waals surface area contributed by atoms with Gasteiger partial charge in [-0.05, 0) is 32.9 Å². The van der Waals surface area contributed by atoms with E-state index >= 15 is 0 Å². The lowest BCUT2D eigenvalue weighted by molar-refractivity contribution is 0.0147. The Morgan fingerprint density at radius 2 is 1.70 bits per heavy atom. The molecule has 152 valence electrons. The van der Waals surface area contributed by atoms with Crippen molar-refractivity contribution in [2.24, 2.45) is 0 Å². The standard InChI is InChI=1S/C17H25F2N3O4S/c1-17(2,3)26-16(23)22-11-9-21(10-12-22)8-7-20-27(24,25)15-13(18)5-4-6-14(15)19/h4-6,20H,7-12H2,1-3H3. The molecule has 1 aromatic rings. The van der Waals surface area contributed by atoms with E-state index in [0.717, 1.165) is 18.2 Å². The number of ether oxygens (including phenoxy) is 1. The molecule has 0 radical (unpaired) electrons. The molecule has 7 nitrogen and oxygen atoms in total. The molecule has 0 spiro atoms. The van der Waals surface area contributed by atoms with Crippen molar-refractivity contribution in [3.63, 3.8) is 0 Å². The van der Waals surface area contributed by atoms with E-state index in [4.69, 9.17) is 4.74 Å². The van der Waals surface area contributed by atoms with Crippen molar-refractivity contribution in [1.29, 1.82) is 0 Å². The molecule has 1 fully saturated rings. The predicted molar refractivity (Wildman–Crippen MR) is 95.8 cm³/mol. The summed E-state index contributed by atoms with van der Waals surface area (Å²) in [5, 5.41) is 0. The van der Waals surface area contributed by atoms with Gasteiger partial charge in [-0.15, -0.1) is 0 Å². The second-order valence-electron chi connectivity index (χ2n) is 7.26. The van der Waals surface area contributed by atoms with Gasteiger partial charge in [0.05, 0.1) is 0 Å². The van der Waals surface area contributed by atoms with Gasteiger partial charge in [0, 0.05) is 39.3 Å². The summed E-state index contributed by atoms with van der Waals surface area (Å²) in [5.41, 5.74) is -0.561. The highest BCUT2D eigenvalue weighted by atomic mass is 32.2. The van der Waals surface area contributed by atoms with Crippen molar-refractivity contribution in [2.75, 3.05) is 39.3 Å². The topological polar surface area (TPSA) is 79.0 Å². The minimum atomic E-state index is -4.28. The van der Waals surface area contributed by atoms with Gasteiger partial charge >= 0.3 is 6.09 Å². The molecule has 0 bridgehead atoms. The van der Waals surface area contributed by atoms with Gasteiger partial charge < -0.3 is 9.64 Å². The maximum Gasteiger partial charge on any atom is 0.410 e. The molecule has 1 aliphatic heterocycles. The first-order valence-electron chi connectivity index (χ1n) is 8.63. The Balaban J connectivity index is 1.81. The number of hydrogen-bond acceptors (Lipinski definition) is 5. The second kappa shape index (κ2) is 8.49. The first-order chi connectivity index (χ1) is 12.5. The van der Waals surface area contributed by atoms with E-state index in [9.17, 15) is 22.0 Å². The fraction of sp³-hybridized carbons (Fsp3) is 0.588. The van der Waals surface area contributed by atoms with Crippen LogP contribution in [0.25, 0.3) is 0 Å². The monoisotopic (exact) mass is 405 g/mol. The number of nitrogens with zero attached hydrogens (tertiary/aromatic N) is 2. The van der Waals surface area contributed by atoms with Crippen LogP contribution in [0.4, 0.5) is 13.6 Å². The number of amides is 1. The van der Waals surface area contributed by atoms with E-state index in [2.05, 4.69) is 4.72 Å². The van der Waals surface area contributed by atoms with E-state index in [0.29, 0.717) is 32.7 Å². The SMILES string of the molecule is CC(C)(C)OC(=O)N1CCN(CCNS(=O)(=O)c2c(F)cccc2F)CC1. The van der Waals surface area contributed by atoms with Crippen molar-refractivity contribution in [3.8, 4) is 0 Å². The smallest absolute Gasteiger partial charge is 0.410 e. The van der Waals surface area contributed by atoms with E-state index in [1.165, 1.54) is 0 Å². The zero-order valence-corrected chi connectivity index (χ0v) is 16.5. The maximum atomic E-state index is 13.6. The quantitative estimate of drug-likeness (QED) is 0.808. The van der Waals surface area contributed by atoms with Gasteiger partial charge in [-0.2, -0.15) is 0 Å². The number of piperazine rings is 1. The van der Waals surface area contributed by atoms with Crippen LogP contribution in [0, 0.1) is 11.6 Å². The van der Waals surface area contributed by atoms with Crippen molar-refractivity contribution in [2.45, 2.75) is 31.3 Å². The molecule has 1 N–H and O–H groups in total. The Labute approximate surface area is 158 Å². The molecule has 27 heavy (non-hydrogen) atoms. The number of halogens is 2. The highest BCUT2D eigenvalue weighted by Gasteiger charge is 2.27. The van der Waals surface area contributed by atoms with E-state index in [1.54, 1.807) is 25.7 Å². The van der Waals surface area contributed by atoms with Crippen LogP contribution in [0.1, 0.15) is 20.8 Å². The van der Waals surface area contributed by atoms with Crippen LogP contribution >= 0.6 is 0 Å². The highest BCUT2D eigenvalue weighted by Crippen LogP contribution is 2.18. The lowest BCUT2D eigenvalue weighted by Crippen LogP contribution is -2.51. The van der Waals surface area contributed by atoms with Crippen LogP contribution in [-0.2, 0) is 14.8 Å². The first kappa shape index (κ1) is 21.5. The Morgan fingerprint density at radius 3 is 2.22 bits per heavy atom. The first-order valence-corrected chi connectivity index (χ1v) is 10.1. The van der Waals surface area contributed by atoms with Gasteiger partial charge in [0.2, 0.25) is 10.0 Å². The van der Waals surface area contributed by atoms with Crippen LogP contribution < -0.4 is 4.72 Å². The van der Waals surface area contributed by atoms with E-state index in [1.807, 2.05) is 4.90 Å². The summed E-state index contributed by atoms with van der Waals surface area (Å²) in [4.78, 5) is 14.6. The summed E-state index contributed by atoms with van der Waals surface area (Å²) >= 11 is 0. The molecule has 1 saturated heterocycles. The lowest BCUT2D eigenvalue weighted by Gasteiger charge is -2.35. The summed E-state index contributed by atoms with van der Waals surface area (Å²) in [6.45, 7) is 7.78. The number of nitrogens with one attached hydrogen (secondary N) is 1. The highest BCUT2D eigenvalue weighted by molar-refractivity contribution is 7.89. The number of benzene rings is 1. The molecule has 0 saturated carbocycles. The van der Waals surface area contributed by atoms with E-state index in [-0.39, 0.29) is 12.6 Å². The number of rotatable bonds is 5. The molecule has 0 unspecified atom stereocenters. The molecule has 2 rings (SSSR count). The van der Waals surface area contributed by atoms with Gasteiger partial charge in [-0.1, -0.05) is 6.07 Å². The molecular formula is C17H25F2N3O4S. The fourth-order valence-electron chi connectivity index (χ4n) is 2.63. The van der Waals surface area contributed by atoms with Gasteiger partial charge in [-0.3, -0.25) is 4.90 Å². The second-order valence-corrected chi connectivity index (χ2v) is 8.96. The van der Waals surface area contributed by atoms with Gasteiger partial charge in [0.15, 0.2) is 4.90 Å². The molecule has 1 aliphatic rings. The van der Waals surface area contributed by atoms with Crippen LogP contribution in [0.15, 0.2) is 23.1 Å². The zero-order chi connectivity index (χ0) is 20.2. The minimum Gasteiger partial charge on any atom is -0.444 e. The Kier molecular flexibility index (Phi) is 6.77. The normalized spacial score (nSPS) is 16.4. The predicted octanol–water partition coefficient (Wildman–Crippen LogP) is 1.80. The van der Waals surface area contributed by atoms with Crippen LogP contribution in [0.5, 0.6) is 0 Å². The average molecular weight is 405 g/mol. The molecule has 0 aliphatic carbocycles.